The first-order valence-corrected chi connectivity index (χ1v) is 2.57. The third-order valence-electron chi connectivity index (χ3n) is 0.992. The Morgan fingerprint density at radius 1 is 1.75 bits per heavy atom. The lowest BCUT2D eigenvalue weighted by Gasteiger charge is -2.10. The molecule has 3 nitrogen and oxygen atoms in total. The summed E-state index contributed by atoms with van der Waals surface area (Å²) in [6.07, 6.45) is 0. The van der Waals surface area contributed by atoms with Gasteiger partial charge in [0.05, 0.1) is 0 Å². The first-order chi connectivity index (χ1) is 3.72. The van der Waals surface area contributed by atoms with Gasteiger partial charge >= 0.3 is 6.03 Å². The van der Waals surface area contributed by atoms with E-state index < -0.39 is 0 Å². The molecule has 1 radical (unpaired) electrons. The van der Waals surface area contributed by atoms with Crippen molar-refractivity contribution in [3.8, 4) is 0 Å². The Kier molecular flexibility index (Phi) is 2.99. The van der Waals surface area contributed by atoms with Gasteiger partial charge in [-0.1, -0.05) is 0 Å². The van der Waals surface area contributed by atoms with Crippen molar-refractivity contribution < 1.29 is 4.79 Å². The average Bonchev–Trinajstić information content (AvgIpc) is 1.84. The van der Waals surface area contributed by atoms with E-state index in [0.29, 0.717) is 0 Å². The summed E-state index contributed by atoms with van der Waals surface area (Å²) in [5.74, 6) is 0. The summed E-state index contributed by atoms with van der Waals surface area (Å²) in [5.41, 5.74) is 0. The maximum atomic E-state index is 10.5. The zero-order chi connectivity index (χ0) is 6.57. The van der Waals surface area contributed by atoms with Crippen molar-refractivity contribution in [1.82, 2.24) is 10.2 Å². The van der Waals surface area contributed by atoms with E-state index in [-0.39, 0.29) is 6.03 Å². The second-order valence-electron chi connectivity index (χ2n) is 1.52. The molecule has 0 aromatic heterocycles. The molecule has 0 rings (SSSR count). The van der Waals surface area contributed by atoms with Crippen LogP contribution >= 0.6 is 0 Å². The Bertz CT molecular complexity index is 82.5. The molecule has 8 heavy (non-hydrogen) atoms. The molecule has 0 aliphatic rings. The number of urea groups is 1. The summed E-state index contributed by atoms with van der Waals surface area (Å²) >= 11 is 0. The van der Waals surface area contributed by atoms with Gasteiger partial charge in [-0.25, -0.2) is 10.1 Å². The van der Waals surface area contributed by atoms with E-state index in [1.807, 2.05) is 6.92 Å². The number of amides is 2. The molecule has 0 atom stereocenters. The number of hydrogen-bond donors (Lipinski definition) is 0. The van der Waals surface area contributed by atoms with Crippen LogP contribution in [0.25, 0.3) is 0 Å². The van der Waals surface area contributed by atoms with Gasteiger partial charge in [0.25, 0.3) is 0 Å². The molecule has 0 unspecified atom stereocenters. The van der Waals surface area contributed by atoms with Crippen molar-refractivity contribution in [1.29, 1.82) is 0 Å². The summed E-state index contributed by atoms with van der Waals surface area (Å²) in [6.45, 7) is 2.62. The molecule has 0 aliphatic carbocycles. The minimum Gasteiger partial charge on any atom is -0.327 e. The third kappa shape index (κ3) is 1.82. The molecule has 0 aliphatic heterocycles. The standard InChI is InChI=1S/C5H11N2O/c1-4-7(3)5(8)6-2/h4H2,1-3H3. The predicted octanol–water partition coefficient (Wildman–Crippen LogP) is 0.292. The highest BCUT2D eigenvalue weighted by Gasteiger charge is 2.01. The lowest BCUT2D eigenvalue weighted by molar-refractivity contribution is 0.212. The van der Waals surface area contributed by atoms with E-state index in [9.17, 15) is 4.79 Å². The zero-order valence-electron chi connectivity index (χ0n) is 5.51. The van der Waals surface area contributed by atoms with Crippen LogP contribution in [0.1, 0.15) is 6.92 Å². The van der Waals surface area contributed by atoms with Crippen LogP contribution in [0.15, 0.2) is 0 Å². The molecular formula is C5H11N2O. The Hall–Kier alpha value is -0.730. The van der Waals surface area contributed by atoms with Gasteiger partial charge in [-0.3, -0.25) is 0 Å². The number of carbonyl (C=O) groups is 1. The van der Waals surface area contributed by atoms with Crippen LogP contribution < -0.4 is 5.32 Å². The average molecular weight is 115 g/mol. The molecule has 47 valence electrons. The van der Waals surface area contributed by atoms with Crippen LogP contribution in [0.5, 0.6) is 0 Å². The molecule has 2 amide bonds. The largest absolute Gasteiger partial charge is 0.338 e. The Morgan fingerprint density at radius 2 is 2.25 bits per heavy atom. The van der Waals surface area contributed by atoms with Gasteiger partial charge in [-0.05, 0) is 6.92 Å². The summed E-state index contributed by atoms with van der Waals surface area (Å²) in [5, 5.41) is 3.45. The van der Waals surface area contributed by atoms with Crippen molar-refractivity contribution in [3.63, 3.8) is 0 Å². The van der Waals surface area contributed by atoms with Crippen molar-refractivity contribution >= 4 is 6.03 Å². The maximum absolute atomic E-state index is 10.5. The van der Waals surface area contributed by atoms with Crippen molar-refractivity contribution in [2.45, 2.75) is 6.92 Å². The van der Waals surface area contributed by atoms with Gasteiger partial charge in [0.15, 0.2) is 0 Å². The lowest BCUT2D eigenvalue weighted by atomic mass is 10.6. The predicted molar refractivity (Wildman–Crippen MR) is 31.8 cm³/mol. The minimum absolute atomic E-state index is 0.160. The van der Waals surface area contributed by atoms with E-state index in [2.05, 4.69) is 5.32 Å². The lowest BCUT2D eigenvalue weighted by Crippen LogP contribution is -2.30. The molecule has 0 N–H and O–H groups in total. The SMILES string of the molecule is CCN(C)C(=O)[N]C. The Balaban J connectivity index is 3.46. The number of hydrogen-bond acceptors (Lipinski definition) is 1. The van der Waals surface area contributed by atoms with Crippen LogP contribution in [0.3, 0.4) is 0 Å². The molecule has 0 aromatic carbocycles. The van der Waals surface area contributed by atoms with Crippen LogP contribution in [0, 0.1) is 0 Å². The summed E-state index contributed by atoms with van der Waals surface area (Å²) in [7, 11) is 3.21. The normalized spacial score (nSPS) is 8.38. The molecule has 3 heteroatoms. The van der Waals surface area contributed by atoms with Gasteiger partial charge in [-0.2, -0.15) is 0 Å². The third-order valence-corrected chi connectivity index (χ3v) is 0.992. The van der Waals surface area contributed by atoms with Gasteiger partial charge in [0.1, 0.15) is 0 Å². The topological polar surface area (TPSA) is 34.4 Å². The van der Waals surface area contributed by atoms with Crippen molar-refractivity contribution in [2.24, 2.45) is 0 Å². The number of carbonyl (C=O) groups excluding carboxylic acids is 1. The first kappa shape index (κ1) is 7.27. The zero-order valence-corrected chi connectivity index (χ0v) is 5.51. The molecule has 0 aromatic rings. The maximum Gasteiger partial charge on any atom is 0.338 e. The highest BCUT2D eigenvalue weighted by Crippen LogP contribution is 1.80. The molecule has 0 fully saturated rings. The Labute approximate surface area is 49.7 Å². The van der Waals surface area contributed by atoms with Gasteiger partial charge in [0, 0.05) is 20.6 Å². The van der Waals surface area contributed by atoms with E-state index in [1.165, 1.54) is 7.05 Å². The minimum atomic E-state index is -0.160. The quantitative estimate of drug-likeness (QED) is 0.483. The molecule has 0 spiro atoms. The molecule has 0 bridgehead atoms. The second kappa shape index (κ2) is 3.29. The Morgan fingerprint density at radius 3 is 2.38 bits per heavy atom. The smallest absolute Gasteiger partial charge is 0.327 e. The summed E-state index contributed by atoms with van der Waals surface area (Å²) in [6, 6.07) is -0.160. The molecule has 0 heterocycles. The van der Waals surface area contributed by atoms with Crippen LogP contribution in [-0.4, -0.2) is 31.6 Å². The molecule has 0 saturated carbocycles. The van der Waals surface area contributed by atoms with Crippen LogP contribution in [-0.2, 0) is 0 Å². The van der Waals surface area contributed by atoms with E-state index in [0.717, 1.165) is 6.54 Å². The van der Waals surface area contributed by atoms with Crippen molar-refractivity contribution in [2.75, 3.05) is 20.6 Å². The molecular weight excluding hydrogens is 104 g/mol. The van der Waals surface area contributed by atoms with Crippen molar-refractivity contribution in [3.05, 3.63) is 0 Å². The fourth-order valence-corrected chi connectivity index (χ4v) is 0.306. The van der Waals surface area contributed by atoms with E-state index in [1.54, 1.807) is 11.9 Å². The fourth-order valence-electron chi connectivity index (χ4n) is 0.306. The number of rotatable bonds is 1. The highest BCUT2D eigenvalue weighted by molar-refractivity contribution is 5.72. The fraction of sp³-hybridized carbons (Fsp3) is 0.800. The van der Waals surface area contributed by atoms with Crippen LogP contribution in [0.2, 0.25) is 0 Å². The van der Waals surface area contributed by atoms with Crippen LogP contribution in [0.4, 0.5) is 4.79 Å². The summed E-state index contributed by atoms with van der Waals surface area (Å²) in [4.78, 5) is 12.0. The molecule has 0 saturated heterocycles. The first-order valence-electron chi connectivity index (χ1n) is 2.57. The van der Waals surface area contributed by atoms with Gasteiger partial charge in [0.2, 0.25) is 0 Å². The summed E-state index contributed by atoms with van der Waals surface area (Å²) < 4.78 is 0. The monoisotopic (exact) mass is 115 g/mol. The van der Waals surface area contributed by atoms with E-state index >= 15 is 0 Å². The second-order valence-corrected chi connectivity index (χ2v) is 1.52. The van der Waals surface area contributed by atoms with Gasteiger partial charge < -0.3 is 4.90 Å². The van der Waals surface area contributed by atoms with E-state index in [4.69, 9.17) is 0 Å². The number of nitrogens with zero attached hydrogens (tertiary/aromatic N) is 2. The van der Waals surface area contributed by atoms with Gasteiger partial charge in [-0.15, -0.1) is 0 Å². The highest BCUT2D eigenvalue weighted by atomic mass is 16.2.